The molecule has 5 nitrogen and oxygen atoms in total. The summed E-state index contributed by atoms with van der Waals surface area (Å²) in [7, 11) is 0. The molecule has 0 spiro atoms. The third-order valence-corrected chi connectivity index (χ3v) is 3.42. The van der Waals surface area contributed by atoms with Crippen molar-refractivity contribution in [3.05, 3.63) is 46.4 Å². The number of hydrogen-bond donors (Lipinski definition) is 1. The molecule has 0 saturated heterocycles. The van der Waals surface area contributed by atoms with Gasteiger partial charge in [-0.3, -0.25) is 0 Å². The molecular weight excluding hydrogens is 347 g/mol. The molecule has 0 unspecified atom stereocenters. The molecule has 9 heteroatoms. The van der Waals surface area contributed by atoms with Gasteiger partial charge in [-0.25, -0.2) is 14.8 Å². The molecule has 0 aliphatic carbocycles. The quantitative estimate of drug-likeness (QED) is 0.821. The van der Waals surface area contributed by atoms with E-state index in [1.165, 1.54) is 6.07 Å². The van der Waals surface area contributed by atoms with Crippen LogP contribution in [0.4, 0.5) is 24.7 Å². The van der Waals surface area contributed by atoms with Crippen LogP contribution in [0.3, 0.4) is 0 Å². The molecule has 128 valence electrons. The predicted octanol–water partition coefficient (Wildman–Crippen LogP) is 4.38. The number of carbonyl (C=O) groups is 1. The molecule has 0 amide bonds. The zero-order valence-electron chi connectivity index (χ0n) is 12.7. The third-order valence-electron chi connectivity index (χ3n) is 3.09. The predicted molar refractivity (Wildman–Crippen MR) is 82.5 cm³/mol. The molecule has 24 heavy (non-hydrogen) atoms. The van der Waals surface area contributed by atoms with E-state index in [0.717, 1.165) is 18.5 Å². The van der Waals surface area contributed by atoms with Gasteiger partial charge >= 0.3 is 12.1 Å². The van der Waals surface area contributed by atoms with Gasteiger partial charge in [0.1, 0.15) is 12.1 Å². The van der Waals surface area contributed by atoms with E-state index in [2.05, 4.69) is 15.3 Å². The van der Waals surface area contributed by atoms with Gasteiger partial charge in [0.2, 0.25) is 0 Å². The molecule has 2 aromatic rings. The van der Waals surface area contributed by atoms with E-state index < -0.39 is 22.7 Å². The molecule has 1 aromatic carbocycles. The molecule has 2 rings (SSSR count). The van der Waals surface area contributed by atoms with Crippen LogP contribution in [0.1, 0.15) is 28.5 Å². The van der Waals surface area contributed by atoms with Crippen LogP contribution in [-0.4, -0.2) is 22.5 Å². The van der Waals surface area contributed by atoms with Crippen molar-refractivity contribution >= 4 is 29.1 Å². The smallest absolute Gasteiger partial charge is 0.417 e. The number of rotatable bonds is 4. The first-order valence-electron chi connectivity index (χ1n) is 6.86. The minimum Gasteiger partial charge on any atom is -0.461 e. The van der Waals surface area contributed by atoms with Crippen LogP contribution in [0.2, 0.25) is 5.02 Å². The summed E-state index contributed by atoms with van der Waals surface area (Å²) < 4.78 is 43.6. The number of nitrogens with one attached hydrogen (secondary N) is 1. The molecule has 0 aliphatic rings. The van der Waals surface area contributed by atoms with Crippen LogP contribution >= 0.6 is 11.6 Å². The zero-order chi connectivity index (χ0) is 17.9. The summed E-state index contributed by atoms with van der Waals surface area (Å²) in [6.07, 6.45) is -3.45. The number of nitrogens with zero attached hydrogens (tertiary/aromatic N) is 2. The summed E-state index contributed by atoms with van der Waals surface area (Å²) in [6.45, 7) is 3.40. The number of anilines is 2. The monoisotopic (exact) mass is 359 g/mol. The third kappa shape index (κ3) is 3.94. The lowest BCUT2D eigenvalue weighted by molar-refractivity contribution is -0.137. The van der Waals surface area contributed by atoms with Gasteiger partial charge in [-0.1, -0.05) is 11.6 Å². The lowest BCUT2D eigenvalue weighted by Crippen LogP contribution is -2.12. The lowest BCUT2D eigenvalue weighted by Gasteiger charge is -2.14. The van der Waals surface area contributed by atoms with Gasteiger partial charge in [0.05, 0.1) is 17.2 Å². The fourth-order valence-electron chi connectivity index (χ4n) is 1.94. The van der Waals surface area contributed by atoms with Crippen molar-refractivity contribution < 1.29 is 22.7 Å². The molecule has 0 fully saturated rings. The Balaban J connectivity index is 2.36. The van der Waals surface area contributed by atoms with E-state index in [9.17, 15) is 18.0 Å². The van der Waals surface area contributed by atoms with Crippen LogP contribution in [-0.2, 0) is 10.9 Å². The number of hydrogen-bond acceptors (Lipinski definition) is 5. The van der Waals surface area contributed by atoms with Crippen molar-refractivity contribution in [3.8, 4) is 0 Å². The van der Waals surface area contributed by atoms with Gasteiger partial charge in [-0.15, -0.1) is 0 Å². The summed E-state index contributed by atoms with van der Waals surface area (Å²) in [5.74, 6) is -0.434. The zero-order valence-corrected chi connectivity index (χ0v) is 13.5. The Kier molecular flexibility index (Phi) is 5.28. The van der Waals surface area contributed by atoms with E-state index in [4.69, 9.17) is 16.3 Å². The summed E-state index contributed by atoms with van der Waals surface area (Å²) in [4.78, 5) is 19.6. The number of alkyl halides is 3. The highest BCUT2D eigenvalue weighted by atomic mass is 35.5. The minimum absolute atomic E-state index is 0.0411. The fourth-order valence-corrected chi connectivity index (χ4v) is 2.16. The maximum atomic E-state index is 12.9. The van der Waals surface area contributed by atoms with E-state index >= 15 is 0 Å². The summed E-state index contributed by atoms with van der Waals surface area (Å²) >= 11 is 5.58. The number of benzene rings is 1. The largest absolute Gasteiger partial charge is 0.461 e. The molecule has 0 bridgehead atoms. The molecule has 1 N–H and O–H groups in total. The van der Waals surface area contributed by atoms with Crippen LogP contribution in [0.5, 0.6) is 0 Å². The maximum Gasteiger partial charge on any atom is 0.417 e. The van der Waals surface area contributed by atoms with Crippen molar-refractivity contribution in [2.24, 2.45) is 0 Å². The molecule has 1 aromatic heterocycles. The number of aromatic nitrogens is 2. The Morgan fingerprint density at radius 3 is 2.67 bits per heavy atom. The molecule has 0 aliphatic heterocycles. The van der Waals surface area contributed by atoms with Crippen molar-refractivity contribution in [3.63, 3.8) is 0 Å². The molecule has 0 atom stereocenters. The highest BCUT2D eigenvalue weighted by Gasteiger charge is 2.33. The van der Waals surface area contributed by atoms with Crippen molar-refractivity contribution in [2.45, 2.75) is 20.0 Å². The molecular formula is C15H13ClF3N3O2. The molecule has 0 saturated carbocycles. The Morgan fingerprint density at radius 2 is 2.04 bits per heavy atom. The number of halogens is 4. The topological polar surface area (TPSA) is 64.1 Å². The van der Waals surface area contributed by atoms with E-state index in [1.54, 1.807) is 13.8 Å². The second kappa shape index (κ2) is 7.04. The number of ether oxygens (including phenoxy) is 1. The van der Waals surface area contributed by atoms with Crippen molar-refractivity contribution in [1.82, 2.24) is 9.97 Å². The summed E-state index contributed by atoms with van der Waals surface area (Å²) in [5.41, 5.74) is -0.436. The van der Waals surface area contributed by atoms with Gasteiger partial charge in [0, 0.05) is 11.3 Å². The Bertz CT molecular complexity index is 766. The first-order valence-corrected chi connectivity index (χ1v) is 7.24. The van der Waals surface area contributed by atoms with Crippen molar-refractivity contribution in [1.29, 1.82) is 0 Å². The number of carbonyl (C=O) groups excluding carboxylic acids is 1. The van der Waals surface area contributed by atoms with Crippen LogP contribution in [0.15, 0.2) is 24.5 Å². The van der Waals surface area contributed by atoms with Gasteiger partial charge in [0.25, 0.3) is 0 Å². The average molecular weight is 360 g/mol. The second-order valence-electron chi connectivity index (χ2n) is 4.73. The fraction of sp³-hybridized carbons (Fsp3) is 0.267. The van der Waals surface area contributed by atoms with Crippen molar-refractivity contribution in [2.75, 3.05) is 11.9 Å². The van der Waals surface area contributed by atoms with Gasteiger partial charge in [-0.05, 0) is 32.0 Å². The Hall–Kier alpha value is -2.35. The van der Waals surface area contributed by atoms with Gasteiger partial charge in [-0.2, -0.15) is 13.2 Å². The lowest BCUT2D eigenvalue weighted by atomic mass is 10.1. The van der Waals surface area contributed by atoms with Crippen LogP contribution in [0.25, 0.3) is 0 Å². The second-order valence-corrected chi connectivity index (χ2v) is 5.14. The van der Waals surface area contributed by atoms with Gasteiger partial charge < -0.3 is 10.1 Å². The van der Waals surface area contributed by atoms with Gasteiger partial charge in [0.15, 0.2) is 5.69 Å². The highest BCUT2D eigenvalue weighted by molar-refractivity contribution is 6.31. The first kappa shape index (κ1) is 18.0. The maximum absolute atomic E-state index is 12.9. The van der Waals surface area contributed by atoms with E-state index in [-0.39, 0.29) is 23.8 Å². The first-order chi connectivity index (χ1) is 11.2. The van der Waals surface area contributed by atoms with Crippen LogP contribution in [0, 0.1) is 6.92 Å². The Morgan fingerprint density at radius 1 is 1.33 bits per heavy atom. The molecule has 0 radical (unpaired) electrons. The summed E-state index contributed by atoms with van der Waals surface area (Å²) in [6, 6.07) is 3.38. The minimum atomic E-state index is -4.58. The highest BCUT2D eigenvalue weighted by Crippen LogP contribution is 2.36. The average Bonchev–Trinajstić information content (AvgIpc) is 2.50. The number of esters is 1. The van der Waals surface area contributed by atoms with E-state index in [0.29, 0.717) is 5.56 Å². The summed E-state index contributed by atoms with van der Waals surface area (Å²) in [5, 5.41) is 2.33. The van der Waals surface area contributed by atoms with Crippen LogP contribution < -0.4 is 5.32 Å². The van der Waals surface area contributed by atoms with E-state index in [1.807, 2.05) is 0 Å². The normalized spacial score (nSPS) is 11.2. The Labute approximate surface area is 140 Å². The standard InChI is InChI=1S/C15H13ClF3N3O2/c1-3-24-14(23)12-8(2)13(21-7-20-12)22-9-4-5-11(16)10(6-9)15(17,18)19/h4-7H,3H2,1-2H3,(H,20,21,22). The molecule has 1 heterocycles. The SMILES string of the molecule is CCOC(=O)c1ncnc(Nc2ccc(Cl)c(C(F)(F)F)c2)c1C.